The number of carbonyl (C=O) groups is 2. The van der Waals surface area contributed by atoms with Crippen LogP contribution in [0.4, 0.5) is 5.82 Å². The van der Waals surface area contributed by atoms with Gasteiger partial charge in [-0.15, -0.1) is 0 Å². The Hall–Kier alpha value is -2.52. The number of fused-ring (bicyclic) bond motifs is 1. The Balaban J connectivity index is 1.68. The Kier molecular flexibility index (Phi) is 7.16. The van der Waals surface area contributed by atoms with E-state index in [9.17, 15) is 9.59 Å². The summed E-state index contributed by atoms with van der Waals surface area (Å²) in [6.45, 7) is 4.82. The summed E-state index contributed by atoms with van der Waals surface area (Å²) in [6.07, 6.45) is 0.791. The van der Waals surface area contributed by atoms with Crippen LogP contribution in [0.1, 0.15) is 31.5 Å². The first-order valence-electron chi connectivity index (χ1n) is 9.53. The van der Waals surface area contributed by atoms with Crippen LogP contribution >= 0.6 is 11.8 Å². The van der Waals surface area contributed by atoms with Gasteiger partial charge in [-0.3, -0.25) is 9.59 Å². The second-order valence-electron chi connectivity index (χ2n) is 6.86. The predicted molar refractivity (Wildman–Crippen MR) is 112 cm³/mol. The van der Waals surface area contributed by atoms with Gasteiger partial charge in [-0.05, 0) is 44.5 Å². The van der Waals surface area contributed by atoms with E-state index in [1.807, 2.05) is 38.1 Å². The number of nitrogens with zero attached hydrogens (tertiary/aromatic N) is 2. The largest absolute Gasteiger partial charge is 0.497 e. The number of carbonyl (C=O) groups excluding carboxylic acids is 2. The molecule has 0 saturated carbocycles. The lowest BCUT2D eigenvalue weighted by atomic mass is 10.2. The summed E-state index contributed by atoms with van der Waals surface area (Å²) in [5.41, 5.74) is 2.66. The Bertz CT molecular complexity index is 864. The van der Waals surface area contributed by atoms with E-state index in [0.717, 1.165) is 34.2 Å². The van der Waals surface area contributed by atoms with Gasteiger partial charge >= 0.3 is 11.8 Å². The zero-order valence-corrected chi connectivity index (χ0v) is 17.7. The number of rotatable bonds is 8. The molecule has 2 amide bonds. The first kappa shape index (κ1) is 21.2. The number of hydrogen-bond acceptors (Lipinski definition) is 6. The van der Waals surface area contributed by atoms with Gasteiger partial charge in [-0.1, -0.05) is 0 Å². The lowest BCUT2D eigenvalue weighted by molar-refractivity contribution is -0.136. The average molecular weight is 419 g/mol. The van der Waals surface area contributed by atoms with Gasteiger partial charge < -0.3 is 20.1 Å². The molecule has 156 valence electrons. The third kappa shape index (κ3) is 5.30. The molecule has 0 bridgehead atoms. The molecular weight excluding hydrogens is 392 g/mol. The van der Waals surface area contributed by atoms with E-state index in [0.29, 0.717) is 25.4 Å². The van der Waals surface area contributed by atoms with Crippen molar-refractivity contribution in [2.75, 3.05) is 25.6 Å². The van der Waals surface area contributed by atoms with Crippen molar-refractivity contribution in [2.45, 2.75) is 37.9 Å². The topological polar surface area (TPSA) is 94.5 Å². The van der Waals surface area contributed by atoms with Crippen molar-refractivity contribution in [3.05, 3.63) is 35.5 Å². The molecule has 0 radical (unpaired) electrons. The van der Waals surface area contributed by atoms with Crippen LogP contribution in [0.25, 0.3) is 5.69 Å². The number of ether oxygens (including phenoxy) is 2. The molecule has 8 nitrogen and oxygen atoms in total. The average Bonchev–Trinajstić information content (AvgIpc) is 3.30. The summed E-state index contributed by atoms with van der Waals surface area (Å²) in [5.74, 6) is 1.42. The second-order valence-corrected chi connectivity index (χ2v) is 7.85. The molecule has 2 N–H and O–H groups in total. The Morgan fingerprint density at radius 1 is 1.21 bits per heavy atom. The Morgan fingerprint density at radius 3 is 2.66 bits per heavy atom. The maximum absolute atomic E-state index is 12.4. The lowest BCUT2D eigenvalue weighted by Crippen LogP contribution is -2.36. The van der Waals surface area contributed by atoms with Gasteiger partial charge in [0, 0.05) is 30.2 Å². The van der Waals surface area contributed by atoms with E-state index >= 15 is 0 Å². The molecule has 3 rings (SSSR count). The molecule has 0 saturated heterocycles. The number of methoxy groups -OCH3 is 1. The molecule has 1 aliphatic heterocycles. The van der Waals surface area contributed by atoms with Crippen molar-refractivity contribution >= 4 is 29.4 Å². The fraction of sp³-hybridized carbons (Fsp3) is 0.450. The monoisotopic (exact) mass is 418 g/mol. The van der Waals surface area contributed by atoms with Crippen molar-refractivity contribution in [3.63, 3.8) is 0 Å². The first-order chi connectivity index (χ1) is 14.0. The number of thioether (sulfide) groups is 1. The minimum absolute atomic E-state index is 0.146. The highest BCUT2D eigenvalue weighted by Crippen LogP contribution is 2.36. The lowest BCUT2D eigenvalue weighted by Gasteiger charge is -2.12. The third-order valence-electron chi connectivity index (χ3n) is 4.36. The quantitative estimate of drug-likeness (QED) is 0.505. The van der Waals surface area contributed by atoms with E-state index in [1.54, 1.807) is 23.6 Å². The fourth-order valence-corrected chi connectivity index (χ4v) is 3.92. The highest BCUT2D eigenvalue weighted by atomic mass is 32.2. The summed E-state index contributed by atoms with van der Waals surface area (Å²) in [4.78, 5) is 24.6. The molecule has 0 aliphatic carbocycles. The maximum atomic E-state index is 12.4. The summed E-state index contributed by atoms with van der Waals surface area (Å²) >= 11 is 1.73. The molecule has 1 aromatic heterocycles. The zero-order chi connectivity index (χ0) is 20.8. The summed E-state index contributed by atoms with van der Waals surface area (Å²) in [7, 11) is 1.61. The van der Waals surface area contributed by atoms with Crippen molar-refractivity contribution in [2.24, 2.45) is 0 Å². The van der Waals surface area contributed by atoms with Crippen LogP contribution in [0.2, 0.25) is 0 Å². The normalized spacial score (nSPS) is 12.7. The van der Waals surface area contributed by atoms with Gasteiger partial charge in [0.1, 0.15) is 11.6 Å². The molecule has 0 unspecified atom stereocenters. The molecule has 2 heterocycles. The number of amides is 2. The molecule has 2 aromatic rings. The zero-order valence-electron chi connectivity index (χ0n) is 16.9. The third-order valence-corrected chi connectivity index (χ3v) is 5.34. The van der Waals surface area contributed by atoms with E-state index < -0.39 is 11.8 Å². The van der Waals surface area contributed by atoms with Crippen molar-refractivity contribution < 1.29 is 19.1 Å². The second kappa shape index (κ2) is 9.80. The molecule has 1 aliphatic rings. The van der Waals surface area contributed by atoms with E-state index in [4.69, 9.17) is 9.47 Å². The smallest absolute Gasteiger partial charge is 0.314 e. The molecule has 9 heteroatoms. The SMILES string of the molecule is COc1ccc(-n2nc3c(c2NC(=O)C(=O)NCCCOC(C)C)CSC3)cc1. The van der Waals surface area contributed by atoms with Crippen molar-refractivity contribution in [1.29, 1.82) is 0 Å². The highest BCUT2D eigenvalue weighted by molar-refractivity contribution is 7.98. The van der Waals surface area contributed by atoms with Crippen molar-refractivity contribution in [1.82, 2.24) is 15.1 Å². The minimum atomic E-state index is -0.705. The summed E-state index contributed by atoms with van der Waals surface area (Å²) < 4.78 is 12.3. The van der Waals surface area contributed by atoms with Gasteiger partial charge in [0.25, 0.3) is 0 Å². The molecule has 0 fully saturated rings. The molecular formula is C20H26N4O4S. The number of aromatic nitrogens is 2. The number of benzene rings is 1. The molecule has 29 heavy (non-hydrogen) atoms. The number of anilines is 1. The first-order valence-corrected chi connectivity index (χ1v) is 10.7. The van der Waals surface area contributed by atoms with E-state index in [-0.39, 0.29) is 6.10 Å². The van der Waals surface area contributed by atoms with E-state index in [1.165, 1.54) is 0 Å². The Labute approximate surface area is 174 Å². The maximum Gasteiger partial charge on any atom is 0.314 e. The highest BCUT2D eigenvalue weighted by Gasteiger charge is 2.26. The van der Waals surface area contributed by atoms with Crippen molar-refractivity contribution in [3.8, 4) is 11.4 Å². The van der Waals surface area contributed by atoms with Gasteiger partial charge in [0.2, 0.25) is 0 Å². The standard InChI is InChI=1S/C20H26N4O4S/c1-13(2)28-10-4-9-21-19(25)20(26)22-18-16-11-29-12-17(16)23-24(18)14-5-7-15(27-3)8-6-14/h5-8,13H,4,9-12H2,1-3H3,(H,21,25)(H,22,26). The molecule has 0 atom stereocenters. The van der Waals surface area contributed by atoms with Crippen LogP contribution in [-0.4, -0.2) is 48.0 Å². The minimum Gasteiger partial charge on any atom is -0.497 e. The fourth-order valence-electron chi connectivity index (χ4n) is 2.89. The number of nitrogens with one attached hydrogen (secondary N) is 2. The summed E-state index contributed by atoms with van der Waals surface area (Å²) in [6, 6.07) is 7.38. The van der Waals surface area contributed by atoms with Gasteiger partial charge in [0.05, 0.1) is 24.6 Å². The summed E-state index contributed by atoms with van der Waals surface area (Å²) in [5, 5.41) is 10.0. The predicted octanol–water partition coefficient (Wildman–Crippen LogP) is 2.50. The van der Waals surface area contributed by atoms with Gasteiger partial charge in [0.15, 0.2) is 0 Å². The van der Waals surface area contributed by atoms with Gasteiger partial charge in [-0.2, -0.15) is 16.9 Å². The van der Waals surface area contributed by atoms with Crippen LogP contribution < -0.4 is 15.4 Å². The van der Waals surface area contributed by atoms with Crippen LogP contribution in [-0.2, 0) is 25.8 Å². The van der Waals surface area contributed by atoms with Crippen LogP contribution in [0.5, 0.6) is 5.75 Å². The molecule has 0 spiro atoms. The van der Waals surface area contributed by atoms with Crippen LogP contribution in [0.15, 0.2) is 24.3 Å². The van der Waals surface area contributed by atoms with Crippen LogP contribution in [0.3, 0.4) is 0 Å². The molecule has 1 aromatic carbocycles. The van der Waals surface area contributed by atoms with Gasteiger partial charge in [-0.25, -0.2) is 4.68 Å². The van der Waals surface area contributed by atoms with Crippen LogP contribution in [0, 0.1) is 0 Å². The number of hydrogen-bond donors (Lipinski definition) is 2. The van der Waals surface area contributed by atoms with E-state index in [2.05, 4.69) is 15.7 Å². The Morgan fingerprint density at radius 2 is 1.97 bits per heavy atom.